The lowest BCUT2D eigenvalue weighted by molar-refractivity contribution is 0.103. The summed E-state index contributed by atoms with van der Waals surface area (Å²) in [5.74, 6) is 0.0532. The summed E-state index contributed by atoms with van der Waals surface area (Å²) in [5.41, 5.74) is 1.45. The molecule has 3 heteroatoms. The highest BCUT2D eigenvalue weighted by atomic mass is 127. The van der Waals surface area contributed by atoms with Gasteiger partial charge in [0.25, 0.3) is 0 Å². The molecule has 0 aliphatic rings. The van der Waals surface area contributed by atoms with Crippen LogP contribution in [0.3, 0.4) is 0 Å². The first-order valence-electron chi connectivity index (χ1n) is 4.74. The van der Waals surface area contributed by atoms with E-state index in [9.17, 15) is 4.79 Å². The lowest BCUT2D eigenvalue weighted by atomic mass is 10.0. The zero-order valence-electron chi connectivity index (χ0n) is 8.28. The van der Waals surface area contributed by atoms with E-state index in [1.165, 1.54) is 0 Å². The Kier molecular flexibility index (Phi) is 3.76. The predicted molar refractivity (Wildman–Crippen MR) is 76.7 cm³/mol. The molecule has 0 spiro atoms. The van der Waals surface area contributed by atoms with Crippen LogP contribution >= 0.6 is 38.5 Å². The minimum Gasteiger partial charge on any atom is -0.289 e. The topological polar surface area (TPSA) is 17.1 Å². The molecule has 0 bridgehead atoms. The fourth-order valence-corrected chi connectivity index (χ4v) is 2.53. The van der Waals surface area contributed by atoms with E-state index in [1.807, 2.05) is 48.5 Å². The maximum absolute atomic E-state index is 12.3. The minimum absolute atomic E-state index is 0.0532. The first-order valence-corrected chi connectivity index (χ1v) is 6.61. The van der Waals surface area contributed by atoms with Gasteiger partial charge in [-0.3, -0.25) is 4.79 Å². The van der Waals surface area contributed by atoms with Crippen LogP contribution in [0, 0.1) is 3.57 Å². The van der Waals surface area contributed by atoms with Crippen molar-refractivity contribution in [1.29, 1.82) is 0 Å². The van der Waals surface area contributed by atoms with Crippen LogP contribution in [-0.2, 0) is 0 Å². The Balaban J connectivity index is 2.48. The number of hydrogen-bond donors (Lipinski definition) is 0. The quantitative estimate of drug-likeness (QED) is 0.556. The molecule has 0 aliphatic heterocycles. The Bertz CT molecular complexity index is 489. The van der Waals surface area contributed by atoms with Crippen LogP contribution in [0.5, 0.6) is 0 Å². The fourth-order valence-electron chi connectivity index (χ4n) is 1.44. The highest BCUT2D eigenvalue weighted by Gasteiger charge is 2.13. The second kappa shape index (κ2) is 5.10. The van der Waals surface area contributed by atoms with E-state index in [-0.39, 0.29) is 5.78 Å². The highest BCUT2D eigenvalue weighted by molar-refractivity contribution is 14.1. The summed E-state index contributed by atoms with van der Waals surface area (Å²) in [5, 5.41) is 0. The molecule has 0 saturated carbocycles. The molecular weight excluding hydrogens is 379 g/mol. The fraction of sp³-hybridized carbons (Fsp3) is 0. The van der Waals surface area contributed by atoms with Crippen LogP contribution in [0.1, 0.15) is 15.9 Å². The molecule has 0 amide bonds. The van der Waals surface area contributed by atoms with E-state index in [2.05, 4.69) is 38.5 Å². The van der Waals surface area contributed by atoms with Crippen LogP contribution in [0.2, 0.25) is 0 Å². The maximum Gasteiger partial charge on any atom is 0.195 e. The van der Waals surface area contributed by atoms with Gasteiger partial charge in [0, 0.05) is 19.2 Å². The number of carbonyl (C=O) groups is 1. The first kappa shape index (κ1) is 11.8. The number of rotatable bonds is 2. The molecule has 0 fully saturated rings. The molecule has 0 atom stereocenters. The number of halogens is 2. The van der Waals surface area contributed by atoms with E-state index in [0.29, 0.717) is 5.56 Å². The molecule has 0 saturated heterocycles. The monoisotopic (exact) mass is 386 g/mol. The largest absolute Gasteiger partial charge is 0.289 e. The number of carbonyl (C=O) groups excluding carboxylic acids is 1. The molecule has 0 N–H and O–H groups in total. The third kappa shape index (κ3) is 2.35. The molecule has 0 unspecified atom stereocenters. The summed E-state index contributed by atoms with van der Waals surface area (Å²) >= 11 is 5.57. The molecule has 2 aromatic carbocycles. The second-order valence-electron chi connectivity index (χ2n) is 3.29. The molecule has 1 nitrogen and oxygen atoms in total. The zero-order chi connectivity index (χ0) is 11.5. The van der Waals surface area contributed by atoms with E-state index < -0.39 is 0 Å². The van der Waals surface area contributed by atoms with E-state index in [0.717, 1.165) is 13.6 Å². The summed E-state index contributed by atoms with van der Waals surface area (Å²) in [6, 6.07) is 15.1. The van der Waals surface area contributed by atoms with Crippen LogP contribution in [0.15, 0.2) is 53.0 Å². The summed E-state index contributed by atoms with van der Waals surface area (Å²) in [6.45, 7) is 0. The lowest BCUT2D eigenvalue weighted by Gasteiger charge is -2.05. The van der Waals surface area contributed by atoms with Crippen molar-refractivity contribution in [2.75, 3.05) is 0 Å². The van der Waals surface area contributed by atoms with Crippen LogP contribution < -0.4 is 0 Å². The minimum atomic E-state index is 0.0532. The summed E-state index contributed by atoms with van der Waals surface area (Å²) in [6.07, 6.45) is 0. The van der Waals surface area contributed by atoms with E-state index in [1.54, 1.807) is 0 Å². The summed E-state index contributed by atoms with van der Waals surface area (Å²) in [7, 11) is 0. The summed E-state index contributed by atoms with van der Waals surface area (Å²) < 4.78 is 1.81. The van der Waals surface area contributed by atoms with Gasteiger partial charge in [0.2, 0.25) is 0 Å². The van der Waals surface area contributed by atoms with Crippen molar-refractivity contribution >= 4 is 44.3 Å². The van der Waals surface area contributed by atoms with Gasteiger partial charge in [0.15, 0.2) is 5.78 Å². The molecule has 0 aliphatic carbocycles. The van der Waals surface area contributed by atoms with Gasteiger partial charge in [-0.25, -0.2) is 0 Å². The standard InChI is InChI=1S/C13H8BrIO/c14-11-7-3-1-5-9(11)13(16)10-6-2-4-8-12(10)15/h1-8H. The van der Waals surface area contributed by atoms with Crippen LogP contribution in [-0.4, -0.2) is 5.78 Å². The molecule has 16 heavy (non-hydrogen) atoms. The van der Waals surface area contributed by atoms with Gasteiger partial charge in [0.1, 0.15) is 0 Å². The van der Waals surface area contributed by atoms with Crippen molar-refractivity contribution < 1.29 is 4.79 Å². The SMILES string of the molecule is O=C(c1ccccc1Br)c1ccccc1I. The molecule has 2 rings (SSSR count). The van der Waals surface area contributed by atoms with Gasteiger partial charge in [0.05, 0.1) is 0 Å². The van der Waals surface area contributed by atoms with Crippen molar-refractivity contribution in [3.05, 3.63) is 67.7 Å². The predicted octanol–water partition coefficient (Wildman–Crippen LogP) is 4.28. The first-order chi connectivity index (χ1) is 7.70. The normalized spacial score (nSPS) is 10.1. The number of ketones is 1. The molecule has 80 valence electrons. The third-order valence-corrected chi connectivity index (χ3v) is 3.87. The van der Waals surface area contributed by atoms with Crippen LogP contribution in [0.25, 0.3) is 0 Å². The van der Waals surface area contributed by atoms with Gasteiger partial charge in [-0.2, -0.15) is 0 Å². The zero-order valence-corrected chi connectivity index (χ0v) is 12.0. The van der Waals surface area contributed by atoms with Gasteiger partial charge < -0.3 is 0 Å². The van der Waals surface area contributed by atoms with Crippen molar-refractivity contribution in [3.8, 4) is 0 Å². The van der Waals surface area contributed by atoms with E-state index >= 15 is 0 Å². The molecule has 0 radical (unpaired) electrons. The van der Waals surface area contributed by atoms with Gasteiger partial charge in [-0.15, -0.1) is 0 Å². The second-order valence-corrected chi connectivity index (χ2v) is 5.31. The Morgan fingerprint density at radius 1 is 0.938 bits per heavy atom. The van der Waals surface area contributed by atoms with Crippen LogP contribution in [0.4, 0.5) is 0 Å². The Morgan fingerprint density at radius 3 is 2.12 bits per heavy atom. The molecular formula is C13H8BrIO. The van der Waals surface area contributed by atoms with Crippen molar-refractivity contribution in [2.45, 2.75) is 0 Å². The average Bonchev–Trinajstić information content (AvgIpc) is 2.29. The third-order valence-electron chi connectivity index (χ3n) is 2.24. The van der Waals surface area contributed by atoms with E-state index in [4.69, 9.17) is 0 Å². The van der Waals surface area contributed by atoms with Gasteiger partial charge in [-0.05, 0) is 46.9 Å². The molecule has 0 heterocycles. The number of benzene rings is 2. The summed E-state index contributed by atoms with van der Waals surface area (Å²) in [4.78, 5) is 12.3. The smallest absolute Gasteiger partial charge is 0.195 e. The lowest BCUT2D eigenvalue weighted by Crippen LogP contribution is -2.04. The molecule has 0 aromatic heterocycles. The Labute approximate surface area is 116 Å². The maximum atomic E-state index is 12.3. The van der Waals surface area contributed by atoms with Crippen molar-refractivity contribution in [2.24, 2.45) is 0 Å². The Hall–Kier alpha value is -0.680. The van der Waals surface area contributed by atoms with Crippen molar-refractivity contribution in [1.82, 2.24) is 0 Å². The highest BCUT2D eigenvalue weighted by Crippen LogP contribution is 2.22. The Morgan fingerprint density at radius 2 is 1.50 bits per heavy atom. The average molecular weight is 387 g/mol. The molecule has 2 aromatic rings. The number of hydrogen-bond acceptors (Lipinski definition) is 1. The van der Waals surface area contributed by atoms with Gasteiger partial charge >= 0.3 is 0 Å². The van der Waals surface area contributed by atoms with Gasteiger partial charge in [-0.1, -0.05) is 40.2 Å². The van der Waals surface area contributed by atoms with Crippen molar-refractivity contribution in [3.63, 3.8) is 0 Å².